The van der Waals surface area contributed by atoms with Gasteiger partial charge in [0.15, 0.2) is 0 Å². The highest BCUT2D eigenvalue weighted by atomic mass is 35.5. The first-order valence-corrected chi connectivity index (χ1v) is 3.95. The zero-order chi connectivity index (χ0) is 8.10. The zero-order valence-corrected chi connectivity index (χ0v) is 8.11. The minimum Gasteiger partial charge on any atom is -0.295 e. The summed E-state index contributed by atoms with van der Waals surface area (Å²) in [6.07, 6.45) is 1.68. The van der Waals surface area contributed by atoms with Crippen molar-refractivity contribution in [2.75, 3.05) is 0 Å². The number of carbonyl (C=O) groups is 1. The van der Waals surface area contributed by atoms with Gasteiger partial charge in [-0.15, -0.1) is 12.4 Å². The number of nitrogens with zero attached hydrogens (tertiary/aromatic N) is 1. The fourth-order valence-electron chi connectivity index (χ4n) is 0.532. The second-order valence-electron chi connectivity index (χ2n) is 1.93. The van der Waals surface area contributed by atoms with Gasteiger partial charge in [0.2, 0.25) is 5.91 Å². The Labute approximate surface area is 81.5 Å². The molecule has 1 heterocycles. The van der Waals surface area contributed by atoms with Crippen LogP contribution >= 0.6 is 24.4 Å². The van der Waals surface area contributed by atoms with E-state index in [2.05, 4.69) is 9.71 Å². The first kappa shape index (κ1) is 11.3. The smallest absolute Gasteiger partial charge is 0.226 e. The van der Waals surface area contributed by atoms with E-state index in [4.69, 9.17) is 0 Å². The van der Waals surface area contributed by atoms with Gasteiger partial charge in [0.05, 0.1) is 0 Å². The van der Waals surface area contributed by atoms with Crippen molar-refractivity contribution in [1.82, 2.24) is 9.71 Å². The molecule has 0 aliphatic carbocycles. The number of halogens is 1. The Morgan fingerprint density at radius 1 is 1.58 bits per heavy atom. The molecule has 0 saturated heterocycles. The van der Waals surface area contributed by atoms with Crippen molar-refractivity contribution in [3.8, 4) is 0 Å². The van der Waals surface area contributed by atoms with Crippen LogP contribution in [0, 0.1) is 0 Å². The number of carbonyl (C=O) groups excluding carboxylic acids is 1. The fourth-order valence-corrected chi connectivity index (χ4v) is 1.04. The molecule has 0 saturated carbocycles. The van der Waals surface area contributed by atoms with E-state index < -0.39 is 0 Å². The highest BCUT2D eigenvalue weighted by Gasteiger charge is 1.93. The number of amides is 1. The van der Waals surface area contributed by atoms with Gasteiger partial charge in [-0.1, -0.05) is 6.07 Å². The van der Waals surface area contributed by atoms with E-state index in [0.29, 0.717) is 0 Å². The van der Waals surface area contributed by atoms with Crippen LogP contribution in [0.4, 0.5) is 0 Å². The average molecular weight is 205 g/mol. The Balaban J connectivity index is 0.00000121. The van der Waals surface area contributed by atoms with E-state index in [-0.39, 0.29) is 18.3 Å². The minimum absolute atomic E-state index is 0. The van der Waals surface area contributed by atoms with Gasteiger partial charge in [0.25, 0.3) is 0 Å². The van der Waals surface area contributed by atoms with Gasteiger partial charge >= 0.3 is 0 Å². The fraction of sp³-hybridized carbons (Fsp3) is 0.143. The van der Waals surface area contributed by atoms with Crippen molar-refractivity contribution in [2.24, 2.45) is 0 Å². The summed E-state index contributed by atoms with van der Waals surface area (Å²) in [5.41, 5.74) is 0. The summed E-state index contributed by atoms with van der Waals surface area (Å²) in [4.78, 5) is 14.5. The molecule has 0 spiro atoms. The topological polar surface area (TPSA) is 42.0 Å². The van der Waals surface area contributed by atoms with Gasteiger partial charge in [-0.05, 0) is 12.1 Å². The zero-order valence-electron chi connectivity index (χ0n) is 6.48. The summed E-state index contributed by atoms with van der Waals surface area (Å²) >= 11 is 1.22. The number of pyridine rings is 1. The molecule has 1 aromatic heterocycles. The van der Waals surface area contributed by atoms with Crippen molar-refractivity contribution in [1.29, 1.82) is 0 Å². The molecular weight excluding hydrogens is 196 g/mol. The molecule has 5 heteroatoms. The van der Waals surface area contributed by atoms with Crippen LogP contribution in [0.1, 0.15) is 6.92 Å². The number of nitrogens with one attached hydrogen (secondary N) is 1. The molecule has 1 aromatic rings. The monoisotopic (exact) mass is 204 g/mol. The van der Waals surface area contributed by atoms with Gasteiger partial charge in [0.1, 0.15) is 5.03 Å². The molecule has 0 radical (unpaired) electrons. The first-order chi connectivity index (χ1) is 5.29. The van der Waals surface area contributed by atoms with E-state index in [1.165, 1.54) is 18.9 Å². The number of hydrogen-bond donors (Lipinski definition) is 1. The molecule has 0 unspecified atom stereocenters. The quantitative estimate of drug-likeness (QED) is 0.745. The molecule has 0 aliphatic heterocycles. The molecule has 0 aliphatic rings. The third kappa shape index (κ3) is 4.20. The van der Waals surface area contributed by atoms with Crippen LogP contribution < -0.4 is 4.72 Å². The van der Waals surface area contributed by atoms with E-state index in [1.54, 1.807) is 6.20 Å². The largest absolute Gasteiger partial charge is 0.295 e. The van der Waals surface area contributed by atoms with Crippen LogP contribution in [0.15, 0.2) is 29.4 Å². The van der Waals surface area contributed by atoms with Gasteiger partial charge < -0.3 is 0 Å². The van der Waals surface area contributed by atoms with Crippen molar-refractivity contribution in [2.45, 2.75) is 11.9 Å². The maximum atomic E-state index is 10.5. The van der Waals surface area contributed by atoms with Crippen molar-refractivity contribution in [3.63, 3.8) is 0 Å². The van der Waals surface area contributed by atoms with E-state index >= 15 is 0 Å². The maximum absolute atomic E-state index is 10.5. The average Bonchev–Trinajstić information content (AvgIpc) is 2.03. The second-order valence-corrected chi connectivity index (χ2v) is 2.75. The highest BCUT2D eigenvalue weighted by Crippen LogP contribution is 2.08. The normalized spacial score (nSPS) is 8.42. The Kier molecular flexibility index (Phi) is 5.49. The molecule has 66 valence electrons. The predicted octanol–water partition coefficient (Wildman–Crippen LogP) is 1.65. The Morgan fingerprint density at radius 2 is 2.33 bits per heavy atom. The molecule has 0 atom stereocenters. The third-order valence-electron chi connectivity index (χ3n) is 0.937. The Hall–Kier alpha value is -0.740. The first-order valence-electron chi connectivity index (χ1n) is 3.13. The molecule has 0 fully saturated rings. The van der Waals surface area contributed by atoms with Crippen LogP contribution in [-0.2, 0) is 4.79 Å². The Morgan fingerprint density at radius 3 is 2.83 bits per heavy atom. The van der Waals surface area contributed by atoms with E-state index in [1.807, 2.05) is 18.2 Å². The summed E-state index contributed by atoms with van der Waals surface area (Å²) < 4.78 is 2.58. The summed E-state index contributed by atoms with van der Waals surface area (Å²) in [5, 5.41) is 0.794. The van der Waals surface area contributed by atoms with Crippen LogP contribution in [0.25, 0.3) is 0 Å². The summed E-state index contributed by atoms with van der Waals surface area (Å²) in [6, 6.07) is 5.54. The molecule has 0 aromatic carbocycles. The molecular formula is C7H9ClN2OS. The lowest BCUT2D eigenvalue weighted by Crippen LogP contribution is -2.09. The molecule has 3 nitrogen and oxygen atoms in total. The van der Waals surface area contributed by atoms with Crippen LogP contribution in [0.3, 0.4) is 0 Å². The standard InChI is InChI=1S/C7H8N2OS.ClH/c1-6(10)9-11-7-4-2-3-5-8-7;/h2-5H,1H3,(H,9,10);1H. The van der Waals surface area contributed by atoms with E-state index in [0.717, 1.165) is 5.03 Å². The summed E-state index contributed by atoms with van der Waals surface area (Å²) in [7, 11) is 0. The van der Waals surface area contributed by atoms with Gasteiger partial charge in [-0.3, -0.25) is 9.52 Å². The van der Waals surface area contributed by atoms with Crippen molar-refractivity contribution in [3.05, 3.63) is 24.4 Å². The van der Waals surface area contributed by atoms with Crippen LogP contribution in [0.5, 0.6) is 0 Å². The molecule has 1 rings (SSSR count). The highest BCUT2D eigenvalue weighted by molar-refractivity contribution is 7.97. The predicted molar refractivity (Wildman–Crippen MR) is 51.2 cm³/mol. The van der Waals surface area contributed by atoms with Gasteiger partial charge in [0, 0.05) is 25.1 Å². The third-order valence-corrected chi connectivity index (χ3v) is 1.78. The molecule has 1 N–H and O–H groups in total. The Bertz CT molecular complexity index is 242. The van der Waals surface area contributed by atoms with Gasteiger partial charge in [-0.2, -0.15) is 0 Å². The SMILES string of the molecule is CC(=O)NSc1ccccn1.Cl. The molecule has 1 amide bonds. The molecule has 0 bridgehead atoms. The maximum Gasteiger partial charge on any atom is 0.226 e. The molecule has 12 heavy (non-hydrogen) atoms. The van der Waals surface area contributed by atoms with Crippen molar-refractivity contribution < 1.29 is 4.79 Å². The number of aromatic nitrogens is 1. The van der Waals surface area contributed by atoms with E-state index in [9.17, 15) is 4.79 Å². The second kappa shape index (κ2) is 5.85. The lowest BCUT2D eigenvalue weighted by Gasteiger charge is -1.97. The summed E-state index contributed by atoms with van der Waals surface area (Å²) in [6.45, 7) is 1.47. The van der Waals surface area contributed by atoms with Crippen LogP contribution in [0.2, 0.25) is 0 Å². The lowest BCUT2D eigenvalue weighted by atomic mass is 10.5. The summed E-state index contributed by atoms with van der Waals surface area (Å²) in [5.74, 6) is -0.0688. The van der Waals surface area contributed by atoms with Crippen molar-refractivity contribution >= 4 is 30.3 Å². The van der Waals surface area contributed by atoms with Crippen LogP contribution in [-0.4, -0.2) is 10.9 Å². The van der Waals surface area contributed by atoms with Gasteiger partial charge in [-0.25, -0.2) is 4.98 Å². The minimum atomic E-state index is -0.0688. The number of rotatable bonds is 2. The number of hydrogen-bond acceptors (Lipinski definition) is 3. The lowest BCUT2D eigenvalue weighted by molar-refractivity contribution is -0.117.